The number of nitrogens with two attached hydrogens (primary N) is 1. The molecule has 3 N–H and O–H groups in total. The zero-order chi connectivity index (χ0) is 13.2. The first-order valence-corrected chi connectivity index (χ1v) is 7.34. The van der Waals surface area contributed by atoms with Gasteiger partial charge in [-0.05, 0) is 25.2 Å². The second-order valence-corrected chi connectivity index (χ2v) is 5.53. The molecule has 0 saturated heterocycles. The van der Waals surface area contributed by atoms with Crippen molar-refractivity contribution in [3.63, 3.8) is 0 Å². The fraction of sp³-hybridized carbons (Fsp3) is 0.929. The van der Waals surface area contributed by atoms with Gasteiger partial charge in [-0.1, -0.05) is 33.1 Å². The van der Waals surface area contributed by atoms with Gasteiger partial charge in [-0.3, -0.25) is 4.99 Å². The van der Waals surface area contributed by atoms with Crippen molar-refractivity contribution in [1.82, 2.24) is 5.32 Å². The van der Waals surface area contributed by atoms with Crippen molar-refractivity contribution in [2.45, 2.75) is 58.5 Å². The van der Waals surface area contributed by atoms with Gasteiger partial charge in [-0.15, -0.1) is 24.0 Å². The predicted octanol–water partition coefficient (Wildman–Crippen LogP) is 2.90. The molecule has 1 fully saturated rings. The van der Waals surface area contributed by atoms with Gasteiger partial charge in [0.1, 0.15) is 0 Å². The van der Waals surface area contributed by atoms with Crippen molar-refractivity contribution in [3.05, 3.63) is 0 Å². The van der Waals surface area contributed by atoms with Gasteiger partial charge in [0.05, 0.1) is 6.10 Å². The number of aliphatic imine (C=N–C) groups is 1. The predicted molar refractivity (Wildman–Crippen MR) is 92.2 cm³/mol. The van der Waals surface area contributed by atoms with Crippen LogP contribution in [0.15, 0.2) is 4.99 Å². The van der Waals surface area contributed by atoms with Gasteiger partial charge in [-0.25, -0.2) is 0 Å². The van der Waals surface area contributed by atoms with Crippen LogP contribution in [0.2, 0.25) is 0 Å². The highest BCUT2D eigenvalue weighted by Gasteiger charge is 2.12. The van der Waals surface area contributed by atoms with Crippen LogP contribution < -0.4 is 11.1 Å². The molecule has 0 unspecified atom stereocenters. The smallest absolute Gasteiger partial charge is 0.188 e. The van der Waals surface area contributed by atoms with Crippen molar-refractivity contribution in [1.29, 1.82) is 0 Å². The van der Waals surface area contributed by atoms with E-state index in [1.165, 1.54) is 32.1 Å². The van der Waals surface area contributed by atoms with Gasteiger partial charge >= 0.3 is 0 Å². The van der Waals surface area contributed by atoms with Crippen molar-refractivity contribution >= 4 is 29.9 Å². The van der Waals surface area contributed by atoms with Crippen LogP contribution in [0.4, 0.5) is 0 Å². The molecule has 5 heteroatoms. The summed E-state index contributed by atoms with van der Waals surface area (Å²) in [5.74, 6) is 1.11. The highest BCUT2D eigenvalue weighted by molar-refractivity contribution is 14.0. The summed E-state index contributed by atoms with van der Waals surface area (Å²) in [7, 11) is 0. The van der Waals surface area contributed by atoms with Gasteiger partial charge in [0, 0.05) is 19.7 Å². The van der Waals surface area contributed by atoms with Gasteiger partial charge in [-0.2, -0.15) is 0 Å². The van der Waals surface area contributed by atoms with E-state index in [-0.39, 0.29) is 24.0 Å². The molecule has 1 aliphatic carbocycles. The minimum absolute atomic E-state index is 0. The van der Waals surface area contributed by atoms with E-state index in [0.717, 1.165) is 26.1 Å². The van der Waals surface area contributed by atoms with Crippen LogP contribution in [0.25, 0.3) is 0 Å². The van der Waals surface area contributed by atoms with Crippen LogP contribution in [0.3, 0.4) is 0 Å². The molecular weight excluding hydrogens is 353 g/mol. The molecule has 1 saturated carbocycles. The zero-order valence-corrected chi connectivity index (χ0v) is 14.7. The zero-order valence-electron chi connectivity index (χ0n) is 12.4. The minimum Gasteiger partial charge on any atom is -0.378 e. The maximum absolute atomic E-state index is 5.84. The molecule has 0 aromatic rings. The summed E-state index contributed by atoms with van der Waals surface area (Å²) in [6.45, 7) is 6.73. The molecule has 4 nitrogen and oxygen atoms in total. The fourth-order valence-corrected chi connectivity index (χ4v) is 2.11. The Kier molecular flexibility index (Phi) is 11.7. The number of ether oxygens (including phenoxy) is 1. The van der Waals surface area contributed by atoms with Crippen molar-refractivity contribution in [3.8, 4) is 0 Å². The highest BCUT2D eigenvalue weighted by Crippen LogP contribution is 2.20. The summed E-state index contributed by atoms with van der Waals surface area (Å²) in [5.41, 5.74) is 5.75. The Balaban J connectivity index is 0.00000324. The molecule has 1 rings (SSSR count). The van der Waals surface area contributed by atoms with E-state index in [2.05, 4.69) is 24.2 Å². The second kappa shape index (κ2) is 11.8. The molecule has 0 bridgehead atoms. The molecule has 0 aromatic heterocycles. The number of nitrogens with one attached hydrogen (secondary N) is 1. The first-order chi connectivity index (χ1) is 8.68. The van der Waals surface area contributed by atoms with Gasteiger partial charge < -0.3 is 15.8 Å². The van der Waals surface area contributed by atoms with Crippen LogP contribution in [-0.4, -0.2) is 31.8 Å². The molecule has 0 aromatic carbocycles. The molecule has 0 aliphatic heterocycles. The van der Waals surface area contributed by atoms with E-state index >= 15 is 0 Å². The van der Waals surface area contributed by atoms with Crippen LogP contribution in [0.1, 0.15) is 52.4 Å². The first-order valence-electron chi connectivity index (χ1n) is 7.34. The normalized spacial score (nSPS) is 17.3. The van der Waals surface area contributed by atoms with E-state index in [0.29, 0.717) is 18.0 Å². The summed E-state index contributed by atoms with van der Waals surface area (Å²) >= 11 is 0. The third-order valence-electron chi connectivity index (χ3n) is 3.16. The number of nitrogens with zero attached hydrogens (tertiary/aromatic N) is 1. The van der Waals surface area contributed by atoms with Gasteiger partial charge in [0.2, 0.25) is 0 Å². The van der Waals surface area contributed by atoms with Crippen LogP contribution in [-0.2, 0) is 4.74 Å². The number of hydrogen-bond donors (Lipinski definition) is 2. The Morgan fingerprint density at radius 2 is 2.00 bits per heavy atom. The number of halogens is 1. The van der Waals surface area contributed by atoms with E-state index in [1.54, 1.807) is 0 Å². The fourth-order valence-electron chi connectivity index (χ4n) is 2.11. The lowest BCUT2D eigenvalue weighted by atomic mass is 9.98. The molecule has 0 radical (unpaired) electrons. The SMILES string of the molecule is CC(C)CN=C(N)NCCCOC1CCCCC1.I. The van der Waals surface area contributed by atoms with Gasteiger partial charge in [0.25, 0.3) is 0 Å². The molecule has 19 heavy (non-hydrogen) atoms. The summed E-state index contributed by atoms with van der Waals surface area (Å²) < 4.78 is 5.84. The van der Waals surface area contributed by atoms with E-state index in [1.807, 2.05) is 0 Å². The monoisotopic (exact) mass is 383 g/mol. The average Bonchev–Trinajstić information content (AvgIpc) is 2.37. The quantitative estimate of drug-likeness (QED) is 0.308. The van der Waals surface area contributed by atoms with Gasteiger partial charge in [0.15, 0.2) is 5.96 Å². The average molecular weight is 383 g/mol. The summed E-state index contributed by atoms with van der Waals surface area (Å²) in [4.78, 5) is 4.25. The minimum atomic E-state index is 0. The Morgan fingerprint density at radius 1 is 1.32 bits per heavy atom. The maximum Gasteiger partial charge on any atom is 0.188 e. The third-order valence-corrected chi connectivity index (χ3v) is 3.16. The van der Waals surface area contributed by atoms with Crippen molar-refractivity contribution < 1.29 is 4.74 Å². The number of guanidine groups is 1. The molecule has 0 atom stereocenters. The molecule has 1 aliphatic rings. The topological polar surface area (TPSA) is 59.6 Å². The Morgan fingerprint density at radius 3 is 2.63 bits per heavy atom. The molecule has 0 spiro atoms. The molecule has 0 amide bonds. The lowest BCUT2D eigenvalue weighted by Crippen LogP contribution is -2.33. The van der Waals surface area contributed by atoms with Crippen molar-refractivity contribution in [2.24, 2.45) is 16.6 Å². The molecule has 0 heterocycles. The van der Waals surface area contributed by atoms with E-state index in [4.69, 9.17) is 10.5 Å². The van der Waals surface area contributed by atoms with E-state index < -0.39 is 0 Å². The summed E-state index contributed by atoms with van der Waals surface area (Å²) in [6, 6.07) is 0. The number of hydrogen-bond acceptors (Lipinski definition) is 2. The van der Waals surface area contributed by atoms with Crippen molar-refractivity contribution in [2.75, 3.05) is 19.7 Å². The highest BCUT2D eigenvalue weighted by atomic mass is 127. The summed E-state index contributed by atoms with van der Waals surface area (Å²) in [5, 5.41) is 3.12. The second-order valence-electron chi connectivity index (χ2n) is 5.53. The first kappa shape index (κ1) is 19.0. The summed E-state index contributed by atoms with van der Waals surface area (Å²) in [6.07, 6.45) is 8.02. The largest absolute Gasteiger partial charge is 0.378 e. The maximum atomic E-state index is 5.84. The van der Waals surface area contributed by atoms with Crippen LogP contribution in [0, 0.1) is 5.92 Å². The number of rotatable bonds is 7. The van der Waals surface area contributed by atoms with Crippen LogP contribution >= 0.6 is 24.0 Å². The van der Waals surface area contributed by atoms with E-state index in [9.17, 15) is 0 Å². The Labute approximate surface area is 135 Å². The Bertz CT molecular complexity index is 241. The molecule has 114 valence electrons. The lowest BCUT2D eigenvalue weighted by molar-refractivity contribution is 0.0277. The standard InChI is InChI=1S/C14H29N3O.HI/c1-12(2)11-17-14(15)16-9-6-10-18-13-7-4-3-5-8-13;/h12-13H,3-11H2,1-2H3,(H3,15,16,17);1H. The lowest BCUT2D eigenvalue weighted by Gasteiger charge is -2.21. The van der Waals surface area contributed by atoms with Crippen LogP contribution in [0.5, 0.6) is 0 Å². The molecular formula is C14H30IN3O. The third kappa shape index (κ3) is 10.4. The Hall–Kier alpha value is -0.0400.